The minimum Gasteiger partial charge on any atom is -0.480 e. The van der Waals surface area contributed by atoms with Gasteiger partial charge in [-0.05, 0) is 18.8 Å². The van der Waals surface area contributed by atoms with Gasteiger partial charge in [-0.1, -0.05) is 39.5 Å². The second kappa shape index (κ2) is 8.25. The first kappa shape index (κ1) is 17.0. The largest absolute Gasteiger partial charge is 0.480 e. The lowest BCUT2D eigenvalue weighted by Gasteiger charge is -2.32. The molecule has 20 heavy (non-hydrogen) atoms. The van der Waals surface area contributed by atoms with Crippen molar-refractivity contribution in [2.75, 3.05) is 13.6 Å². The van der Waals surface area contributed by atoms with Crippen molar-refractivity contribution in [3.05, 3.63) is 0 Å². The fourth-order valence-electron chi connectivity index (χ4n) is 2.76. The number of nitrogens with one attached hydrogen (secondary N) is 1. The molecule has 1 saturated carbocycles. The number of amides is 1. The van der Waals surface area contributed by atoms with Gasteiger partial charge in [-0.3, -0.25) is 14.9 Å². The number of likely N-dealkylation sites (N-methyl/N-ethyl adjacent to an activating group) is 1. The van der Waals surface area contributed by atoms with E-state index in [0.717, 1.165) is 19.3 Å². The van der Waals surface area contributed by atoms with E-state index in [2.05, 4.69) is 5.32 Å². The molecule has 1 aliphatic carbocycles. The maximum Gasteiger partial charge on any atom is 0.320 e. The zero-order valence-corrected chi connectivity index (χ0v) is 12.9. The standard InChI is InChI=1S/C15H28N2O3/c1-4-11(2)14(15(19)20)16-10-13(18)17(3)12-8-6-5-7-9-12/h11-12,14,16H,4-10H2,1-3H3,(H,19,20)/t11-,14-/m0/s1. The number of carbonyl (C=O) groups is 2. The van der Waals surface area contributed by atoms with Crippen molar-refractivity contribution >= 4 is 11.9 Å². The van der Waals surface area contributed by atoms with Gasteiger partial charge in [0, 0.05) is 13.1 Å². The van der Waals surface area contributed by atoms with Crippen LogP contribution in [0.5, 0.6) is 0 Å². The van der Waals surface area contributed by atoms with Crippen molar-refractivity contribution < 1.29 is 14.7 Å². The molecule has 0 heterocycles. The van der Waals surface area contributed by atoms with Crippen LogP contribution in [0.1, 0.15) is 52.4 Å². The molecule has 2 atom stereocenters. The third kappa shape index (κ3) is 4.78. The minimum atomic E-state index is -0.882. The number of carboxylic acids is 1. The fourth-order valence-corrected chi connectivity index (χ4v) is 2.76. The van der Waals surface area contributed by atoms with Gasteiger partial charge in [0.25, 0.3) is 0 Å². The molecular weight excluding hydrogens is 256 g/mol. The van der Waals surface area contributed by atoms with E-state index in [0.29, 0.717) is 6.04 Å². The third-order valence-electron chi connectivity index (χ3n) is 4.47. The summed E-state index contributed by atoms with van der Waals surface area (Å²) in [5, 5.41) is 12.1. The molecule has 0 aromatic rings. The smallest absolute Gasteiger partial charge is 0.320 e. The number of hydrogen-bond acceptors (Lipinski definition) is 3. The van der Waals surface area contributed by atoms with Crippen molar-refractivity contribution in [1.82, 2.24) is 10.2 Å². The molecule has 0 bridgehead atoms. The van der Waals surface area contributed by atoms with E-state index >= 15 is 0 Å². The number of carbonyl (C=O) groups excluding carboxylic acids is 1. The van der Waals surface area contributed by atoms with Gasteiger partial charge in [-0.15, -0.1) is 0 Å². The van der Waals surface area contributed by atoms with Crippen molar-refractivity contribution in [3.63, 3.8) is 0 Å². The molecule has 0 aromatic heterocycles. The van der Waals surface area contributed by atoms with E-state index in [-0.39, 0.29) is 18.4 Å². The molecule has 0 radical (unpaired) electrons. The fraction of sp³-hybridized carbons (Fsp3) is 0.867. The molecule has 1 amide bonds. The van der Waals surface area contributed by atoms with Crippen LogP contribution in [0.25, 0.3) is 0 Å². The van der Waals surface area contributed by atoms with Crippen molar-refractivity contribution in [2.24, 2.45) is 5.92 Å². The molecule has 5 heteroatoms. The molecule has 0 saturated heterocycles. The molecule has 0 aromatic carbocycles. The Hall–Kier alpha value is -1.10. The lowest BCUT2D eigenvalue weighted by Crippen LogP contribution is -2.48. The van der Waals surface area contributed by atoms with Crippen molar-refractivity contribution in [2.45, 2.75) is 64.5 Å². The molecule has 5 nitrogen and oxygen atoms in total. The van der Waals surface area contributed by atoms with Crippen molar-refractivity contribution in [1.29, 1.82) is 0 Å². The topological polar surface area (TPSA) is 69.6 Å². The SMILES string of the molecule is CC[C@H](C)[C@H](NCC(=O)N(C)C1CCCCC1)C(=O)O. The Morgan fingerprint density at radius 3 is 2.40 bits per heavy atom. The lowest BCUT2D eigenvalue weighted by molar-refractivity contribution is -0.141. The van der Waals surface area contributed by atoms with Gasteiger partial charge < -0.3 is 10.0 Å². The van der Waals surface area contributed by atoms with E-state index < -0.39 is 12.0 Å². The zero-order chi connectivity index (χ0) is 15.1. The summed E-state index contributed by atoms with van der Waals surface area (Å²) in [4.78, 5) is 25.1. The minimum absolute atomic E-state index is 0.00791. The molecule has 1 rings (SSSR count). The Morgan fingerprint density at radius 2 is 1.90 bits per heavy atom. The van der Waals surface area contributed by atoms with Gasteiger partial charge in [-0.25, -0.2) is 0 Å². The lowest BCUT2D eigenvalue weighted by atomic mass is 9.94. The Kier molecular flexibility index (Phi) is 6.99. The third-order valence-corrected chi connectivity index (χ3v) is 4.47. The number of hydrogen-bond donors (Lipinski definition) is 2. The second-order valence-electron chi connectivity index (χ2n) is 5.88. The van der Waals surface area contributed by atoms with Crippen LogP contribution in [-0.4, -0.2) is 47.6 Å². The summed E-state index contributed by atoms with van der Waals surface area (Å²) in [6.45, 7) is 3.95. The first-order valence-corrected chi connectivity index (χ1v) is 7.69. The summed E-state index contributed by atoms with van der Waals surface area (Å²) in [6.07, 6.45) is 6.52. The summed E-state index contributed by atoms with van der Waals surface area (Å²) < 4.78 is 0. The molecule has 0 aliphatic heterocycles. The molecular formula is C15H28N2O3. The van der Waals surface area contributed by atoms with Crippen LogP contribution in [0, 0.1) is 5.92 Å². The predicted octanol–water partition coefficient (Wildman–Crippen LogP) is 1.87. The number of aliphatic carboxylic acids is 1. The summed E-state index contributed by atoms with van der Waals surface area (Å²) in [6, 6.07) is -0.325. The van der Waals surface area contributed by atoms with Gasteiger partial charge in [0.15, 0.2) is 0 Å². The number of nitrogens with zero attached hydrogens (tertiary/aromatic N) is 1. The Morgan fingerprint density at radius 1 is 1.30 bits per heavy atom. The van der Waals surface area contributed by atoms with Crippen molar-refractivity contribution in [3.8, 4) is 0 Å². The average Bonchev–Trinajstić information content (AvgIpc) is 2.46. The zero-order valence-electron chi connectivity index (χ0n) is 12.9. The first-order valence-electron chi connectivity index (χ1n) is 7.69. The summed E-state index contributed by atoms with van der Waals surface area (Å²) in [7, 11) is 1.83. The van der Waals surface area contributed by atoms with Crippen LogP contribution in [0.2, 0.25) is 0 Å². The molecule has 2 N–H and O–H groups in total. The van der Waals surface area contributed by atoms with E-state index in [4.69, 9.17) is 0 Å². The summed E-state index contributed by atoms with van der Waals surface area (Å²) in [5.74, 6) is -0.876. The van der Waals surface area contributed by atoms with Gasteiger partial charge in [-0.2, -0.15) is 0 Å². The number of carboxylic acid groups (broad SMARTS) is 1. The normalized spacial score (nSPS) is 19.4. The highest BCUT2D eigenvalue weighted by Gasteiger charge is 2.26. The Balaban J connectivity index is 2.45. The van der Waals surface area contributed by atoms with Gasteiger partial charge in [0.2, 0.25) is 5.91 Å². The first-order chi connectivity index (χ1) is 9.47. The van der Waals surface area contributed by atoms with E-state index in [1.165, 1.54) is 19.3 Å². The highest BCUT2D eigenvalue weighted by atomic mass is 16.4. The maximum atomic E-state index is 12.2. The Labute approximate surface area is 121 Å². The van der Waals surface area contributed by atoms with Gasteiger partial charge >= 0.3 is 5.97 Å². The van der Waals surface area contributed by atoms with Crippen LogP contribution >= 0.6 is 0 Å². The highest BCUT2D eigenvalue weighted by Crippen LogP contribution is 2.21. The monoisotopic (exact) mass is 284 g/mol. The second-order valence-corrected chi connectivity index (χ2v) is 5.88. The van der Waals surface area contributed by atoms with E-state index in [9.17, 15) is 14.7 Å². The molecule has 0 unspecified atom stereocenters. The molecule has 1 fully saturated rings. The predicted molar refractivity (Wildman–Crippen MR) is 78.5 cm³/mol. The average molecular weight is 284 g/mol. The quantitative estimate of drug-likeness (QED) is 0.749. The Bertz CT molecular complexity index is 327. The molecule has 0 spiro atoms. The van der Waals surface area contributed by atoms with Crippen LogP contribution in [0.4, 0.5) is 0 Å². The maximum absolute atomic E-state index is 12.2. The summed E-state index contributed by atoms with van der Waals surface area (Å²) in [5.41, 5.74) is 0. The van der Waals surface area contributed by atoms with Crippen LogP contribution in [0.15, 0.2) is 0 Å². The van der Waals surface area contributed by atoms with E-state index in [1.807, 2.05) is 20.9 Å². The number of rotatable bonds is 7. The van der Waals surface area contributed by atoms with Crippen LogP contribution in [0.3, 0.4) is 0 Å². The summed E-state index contributed by atoms with van der Waals surface area (Å²) >= 11 is 0. The highest BCUT2D eigenvalue weighted by molar-refractivity contribution is 5.80. The van der Waals surface area contributed by atoms with Crippen LogP contribution in [-0.2, 0) is 9.59 Å². The molecule has 116 valence electrons. The van der Waals surface area contributed by atoms with Crippen LogP contribution < -0.4 is 5.32 Å². The van der Waals surface area contributed by atoms with E-state index in [1.54, 1.807) is 4.90 Å². The van der Waals surface area contributed by atoms with Gasteiger partial charge in [0.1, 0.15) is 6.04 Å². The van der Waals surface area contributed by atoms with Gasteiger partial charge in [0.05, 0.1) is 6.54 Å². The molecule has 1 aliphatic rings.